The van der Waals surface area contributed by atoms with Gasteiger partial charge in [0.1, 0.15) is 12.6 Å². The fraction of sp³-hybridized carbons (Fsp3) is 0.231. The molecule has 0 spiro atoms. The molecule has 0 aliphatic carbocycles. The third-order valence-corrected chi connectivity index (χ3v) is 8.35. The molecule has 7 nitrogen and oxygen atoms in total. The first-order chi connectivity index (χ1) is 17.1. The summed E-state index contributed by atoms with van der Waals surface area (Å²) in [6.07, 6.45) is 0. The van der Waals surface area contributed by atoms with Crippen LogP contribution in [0.1, 0.15) is 19.4 Å². The summed E-state index contributed by atoms with van der Waals surface area (Å²) in [5, 5.41) is 2.75. The number of carbonyl (C=O) groups is 2. The summed E-state index contributed by atoms with van der Waals surface area (Å²) in [4.78, 5) is 27.9. The molecule has 10 heteroatoms. The van der Waals surface area contributed by atoms with E-state index in [0.717, 1.165) is 18.8 Å². The molecule has 3 aromatic rings. The molecule has 0 saturated heterocycles. The summed E-state index contributed by atoms with van der Waals surface area (Å²) in [6.45, 7) is 3.52. The molecular formula is C26H27Br2N3O4S. The molecule has 0 radical (unpaired) electrons. The second kappa shape index (κ2) is 12.5. The Morgan fingerprint density at radius 3 is 2.00 bits per heavy atom. The number of hydrogen-bond acceptors (Lipinski definition) is 4. The van der Waals surface area contributed by atoms with Crippen LogP contribution in [0.2, 0.25) is 0 Å². The number of amides is 2. The van der Waals surface area contributed by atoms with Gasteiger partial charge in [-0.25, -0.2) is 8.42 Å². The number of rotatable bonds is 10. The molecule has 0 fully saturated rings. The minimum Gasteiger partial charge on any atom is -0.355 e. The minimum absolute atomic E-state index is 0.0666. The van der Waals surface area contributed by atoms with Crippen LogP contribution >= 0.6 is 31.9 Å². The van der Waals surface area contributed by atoms with Gasteiger partial charge in [0.15, 0.2) is 0 Å². The molecule has 0 aliphatic heterocycles. The average Bonchev–Trinajstić information content (AvgIpc) is 2.87. The Bertz CT molecular complexity index is 1290. The Morgan fingerprint density at radius 2 is 1.44 bits per heavy atom. The van der Waals surface area contributed by atoms with Crippen molar-refractivity contribution in [1.29, 1.82) is 0 Å². The van der Waals surface area contributed by atoms with Crippen LogP contribution < -0.4 is 9.62 Å². The molecule has 0 heterocycles. The van der Waals surface area contributed by atoms with Gasteiger partial charge in [0.2, 0.25) is 11.8 Å². The van der Waals surface area contributed by atoms with E-state index in [-0.39, 0.29) is 17.3 Å². The van der Waals surface area contributed by atoms with Crippen molar-refractivity contribution in [3.8, 4) is 0 Å². The van der Waals surface area contributed by atoms with Crippen molar-refractivity contribution < 1.29 is 18.0 Å². The number of sulfonamides is 1. The predicted octanol–water partition coefficient (Wildman–Crippen LogP) is 4.96. The molecule has 2 amide bonds. The van der Waals surface area contributed by atoms with E-state index in [2.05, 4.69) is 37.2 Å². The Morgan fingerprint density at radius 1 is 0.889 bits per heavy atom. The third kappa shape index (κ3) is 6.96. The van der Waals surface area contributed by atoms with E-state index in [1.165, 1.54) is 17.0 Å². The number of hydrogen-bond donors (Lipinski definition) is 1. The van der Waals surface area contributed by atoms with Crippen molar-refractivity contribution in [1.82, 2.24) is 10.2 Å². The summed E-state index contributed by atoms with van der Waals surface area (Å²) in [5.41, 5.74) is 1.15. The molecule has 190 valence electrons. The first-order valence-electron chi connectivity index (χ1n) is 11.3. The Hall–Kier alpha value is -2.69. The van der Waals surface area contributed by atoms with Crippen molar-refractivity contribution in [2.75, 3.05) is 17.4 Å². The molecule has 3 aromatic carbocycles. The van der Waals surface area contributed by atoms with Crippen LogP contribution in [0.5, 0.6) is 0 Å². The van der Waals surface area contributed by atoms with Crippen molar-refractivity contribution in [2.24, 2.45) is 0 Å². The number of likely N-dealkylation sites (N-methyl/N-ethyl adjacent to an activating group) is 1. The zero-order chi connectivity index (χ0) is 26.3. The third-order valence-electron chi connectivity index (χ3n) is 5.51. The Kier molecular flexibility index (Phi) is 9.69. The van der Waals surface area contributed by atoms with Crippen LogP contribution in [0.4, 0.5) is 5.69 Å². The van der Waals surface area contributed by atoms with Crippen LogP contribution in [-0.4, -0.2) is 44.3 Å². The number of benzene rings is 3. The number of halogens is 2. The van der Waals surface area contributed by atoms with Crippen LogP contribution in [0, 0.1) is 0 Å². The highest BCUT2D eigenvalue weighted by atomic mass is 79.9. The second-order valence-corrected chi connectivity index (χ2v) is 11.7. The van der Waals surface area contributed by atoms with Gasteiger partial charge in [-0.05, 0) is 67.9 Å². The maximum Gasteiger partial charge on any atom is 0.264 e. The van der Waals surface area contributed by atoms with E-state index in [0.29, 0.717) is 12.2 Å². The highest BCUT2D eigenvalue weighted by molar-refractivity contribution is 9.10. The first kappa shape index (κ1) is 27.9. The summed E-state index contributed by atoms with van der Waals surface area (Å²) >= 11 is 6.76. The molecule has 0 bridgehead atoms. The minimum atomic E-state index is -4.07. The van der Waals surface area contributed by atoms with Gasteiger partial charge in [0, 0.05) is 22.0 Å². The number of anilines is 1. The standard InChI is InChI=1S/C26H27Br2N3O4S/c1-3-29-26(33)19(2)30(17-20-9-11-21(27)12-10-20)25(32)18-31(23-15-13-22(28)14-16-23)36(34,35)24-7-5-4-6-8-24/h4-16,19H,3,17-18H2,1-2H3,(H,29,33)/t19-/m0/s1. The fourth-order valence-corrected chi connectivity index (χ4v) is 5.51. The number of nitrogens with one attached hydrogen (secondary N) is 1. The first-order valence-corrected chi connectivity index (χ1v) is 14.3. The molecule has 0 saturated carbocycles. The van der Waals surface area contributed by atoms with E-state index in [1.54, 1.807) is 56.3 Å². The SMILES string of the molecule is CCNC(=O)[C@H](C)N(Cc1ccc(Br)cc1)C(=O)CN(c1ccc(Br)cc1)S(=O)(=O)c1ccccc1. The molecule has 36 heavy (non-hydrogen) atoms. The van der Waals surface area contributed by atoms with Gasteiger partial charge in [-0.15, -0.1) is 0 Å². The number of carbonyl (C=O) groups excluding carboxylic acids is 2. The summed E-state index contributed by atoms with van der Waals surface area (Å²) in [5.74, 6) is -0.817. The van der Waals surface area contributed by atoms with Gasteiger partial charge in [-0.2, -0.15) is 0 Å². The molecule has 1 atom stereocenters. The molecule has 0 aromatic heterocycles. The maximum atomic E-state index is 13.7. The monoisotopic (exact) mass is 635 g/mol. The van der Waals surface area contributed by atoms with Crippen LogP contribution in [0.15, 0.2) is 92.7 Å². The molecule has 1 N–H and O–H groups in total. The summed E-state index contributed by atoms with van der Waals surface area (Å²) < 4.78 is 30.0. The second-order valence-electron chi connectivity index (χ2n) is 8.02. The van der Waals surface area contributed by atoms with Gasteiger partial charge >= 0.3 is 0 Å². The normalized spacial score (nSPS) is 12.0. The lowest BCUT2D eigenvalue weighted by Crippen LogP contribution is -2.51. The smallest absolute Gasteiger partial charge is 0.264 e. The zero-order valence-electron chi connectivity index (χ0n) is 19.9. The average molecular weight is 637 g/mol. The van der Waals surface area contributed by atoms with Crippen molar-refractivity contribution in [3.63, 3.8) is 0 Å². The lowest BCUT2D eigenvalue weighted by molar-refractivity contribution is -0.139. The predicted molar refractivity (Wildman–Crippen MR) is 148 cm³/mol. The van der Waals surface area contributed by atoms with Gasteiger partial charge in [0.25, 0.3) is 10.0 Å². The Balaban J connectivity index is 2.00. The molecule has 0 aliphatic rings. The van der Waals surface area contributed by atoms with E-state index >= 15 is 0 Å². The van der Waals surface area contributed by atoms with Crippen LogP contribution in [0.25, 0.3) is 0 Å². The van der Waals surface area contributed by atoms with E-state index in [4.69, 9.17) is 0 Å². The topological polar surface area (TPSA) is 86.8 Å². The van der Waals surface area contributed by atoms with Crippen LogP contribution in [-0.2, 0) is 26.2 Å². The van der Waals surface area contributed by atoms with Gasteiger partial charge < -0.3 is 10.2 Å². The fourth-order valence-electron chi connectivity index (χ4n) is 3.55. The number of nitrogens with zero attached hydrogens (tertiary/aromatic N) is 2. The van der Waals surface area contributed by atoms with Crippen molar-refractivity contribution in [3.05, 3.63) is 93.4 Å². The molecular weight excluding hydrogens is 610 g/mol. The Labute approximate surface area is 228 Å². The molecule has 0 unspecified atom stereocenters. The maximum absolute atomic E-state index is 13.7. The zero-order valence-corrected chi connectivity index (χ0v) is 23.9. The summed E-state index contributed by atoms with van der Waals surface area (Å²) in [6, 6.07) is 21.2. The molecule has 3 rings (SSSR count). The largest absolute Gasteiger partial charge is 0.355 e. The highest BCUT2D eigenvalue weighted by Gasteiger charge is 2.32. The van der Waals surface area contributed by atoms with E-state index < -0.39 is 28.5 Å². The summed E-state index contributed by atoms with van der Waals surface area (Å²) in [7, 11) is -4.07. The lowest BCUT2D eigenvalue weighted by Gasteiger charge is -2.32. The lowest BCUT2D eigenvalue weighted by atomic mass is 10.1. The quantitative estimate of drug-likeness (QED) is 0.341. The van der Waals surface area contributed by atoms with Crippen molar-refractivity contribution >= 4 is 59.4 Å². The van der Waals surface area contributed by atoms with Crippen LogP contribution in [0.3, 0.4) is 0 Å². The van der Waals surface area contributed by atoms with Gasteiger partial charge in [-0.3, -0.25) is 13.9 Å². The van der Waals surface area contributed by atoms with Gasteiger partial charge in [0.05, 0.1) is 10.6 Å². The van der Waals surface area contributed by atoms with E-state index in [9.17, 15) is 18.0 Å². The van der Waals surface area contributed by atoms with Crippen molar-refractivity contribution in [2.45, 2.75) is 31.3 Å². The van der Waals surface area contributed by atoms with Gasteiger partial charge in [-0.1, -0.05) is 62.2 Å². The van der Waals surface area contributed by atoms with E-state index in [1.807, 2.05) is 24.3 Å². The highest BCUT2D eigenvalue weighted by Crippen LogP contribution is 2.26.